The average Bonchev–Trinajstić information content (AvgIpc) is 1.99. The maximum Gasteiger partial charge on any atom is 0.340 e. The molecule has 13 heavy (non-hydrogen) atoms. The molecular weight excluding hydrogens is 241 g/mol. The van der Waals surface area contributed by atoms with Gasteiger partial charge in [-0.1, -0.05) is 34.8 Å². The zero-order chi connectivity index (χ0) is 10.2. The number of carboxylic acids is 1. The van der Waals surface area contributed by atoms with Crippen LogP contribution in [-0.2, 0) is 0 Å². The highest BCUT2D eigenvalue weighted by Crippen LogP contribution is 2.32. The molecule has 70 valence electrons. The quantitative estimate of drug-likeness (QED) is 0.605. The highest BCUT2D eigenvalue weighted by molar-refractivity contribution is 6.44. The monoisotopic (exact) mass is 242 g/mol. The van der Waals surface area contributed by atoms with Crippen molar-refractivity contribution in [3.8, 4) is 0 Å². The first kappa shape index (κ1) is 10.6. The Bertz CT molecular complexity index is 378. The van der Waals surface area contributed by atoms with Crippen molar-refractivity contribution in [1.29, 1.82) is 0 Å². The summed E-state index contributed by atoms with van der Waals surface area (Å²) in [4.78, 5) is 10.5. The van der Waals surface area contributed by atoms with Crippen molar-refractivity contribution in [2.45, 2.75) is 0 Å². The van der Waals surface area contributed by atoms with Gasteiger partial charge in [-0.2, -0.15) is 0 Å². The summed E-state index contributed by atoms with van der Waals surface area (Å²) in [5.41, 5.74) is -0.670. The minimum Gasteiger partial charge on any atom is -0.478 e. The molecule has 0 aliphatic heterocycles. The SMILES string of the molecule is O=C(O)c1c(Cl)cc(Cl)c(Cl)c1F. The van der Waals surface area contributed by atoms with Crippen molar-refractivity contribution in [1.82, 2.24) is 0 Å². The molecule has 0 atom stereocenters. The first-order valence-electron chi connectivity index (χ1n) is 3.01. The smallest absolute Gasteiger partial charge is 0.340 e. The number of benzene rings is 1. The molecule has 1 N–H and O–H groups in total. The Labute approximate surface area is 87.8 Å². The van der Waals surface area contributed by atoms with E-state index in [0.717, 1.165) is 6.07 Å². The first-order chi connectivity index (χ1) is 5.95. The van der Waals surface area contributed by atoms with Gasteiger partial charge in [0.1, 0.15) is 5.56 Å². The highest BCUT2D eigenvalue weighted by atomic mass is 35.5. The molecular formula is C7H2Cl3FO2. The van der Waals surface area contributed by atoms with E-state index in [1.807, 2.05) is 0 Å². The molecule has 0 fully saturated rings. The normalized spacial score (nSPS) is 10.2. The predicted molar refractivity (Wildman–Crippen MR) is 48.4 cm³/mol. The van der Waals surface area contributed by atoms with Crippen LogP contribution in [0.3, 0.4) is 0 Å². The second kappa shape index (κ2) is 3.70. The molecule has 1 aromatic rings. The van der Waals surface area contributed by atoms with Crippen LogP contribution >= 0.6 is 34.8 Å². The molecule has 0 aliphatic rings. The Morgan fingerprint density at radius 3 is 2.31 bits per heavy atom. The molecule has 0 amide bonds. The Morgan fingerprint density at radius 1 is 1.31 bits per heavy atom. The van der Waals surface area contributed by atoms with Crippen LogP contribution in [0, 0.1) is 5.82 Å². The van der Waals surface area contributed by atoms with Gasteiger partial charge in [0.2, 0.25) is 0 Å². The van der Waals surface area contributed by atoms with E-state index in [4.69, 9.17) is 39.9 Å². The summed E-state index contributed by atoms with van der Waals surface area (Å²) < 4.78 is 13.1. The lowest BCUT2D eigenvalue weighted by Gasteiger charge is -2.03. The van der Waals surface area contributed by atoms with Crippen molar-refractivity contribution in [3.05, 3.63) is 32.5 Å². The van der Waals surface area contributed by atoms with Gasteiger partial charge < -0.3 is 5.11 Å². The Morgan fingerprint density at radius 2 is 1.85 bits per heavy atom. The van der Waals surface area contributed by atoms with E-state index < -0.39 is 22.4 Å². The van der Waals surface area contributed by atoms with Crippen LogP contribution in [0.15, 0.2) is 6.07 Å². The number of carboxylic acid groups (broad SMARTS) is 1. The van der Waals surface area contributed by atoms with Crippen molar-refractivity contribution >= 4 is 40.8 Å². The van der Waals surface area contributed by atoms with Gasteiger partial charge in [0.25, 0.3) is 0 Å². The summed E-state index contributed by atoms with van der Waals surface area (Å²) in [6.45, 7) is 0. The molecule has 0 unspecified atom stereocenters. The molecule has 0 radical (unpaired) electrons. The molecule has 0 bridgehead atoms. The number of rotatable bonds is 1. The summed E-state index contributed by atoms with van der Waals surface area (Å²) in [6.07, 6.45) is 0. The van der Waals surface area contributed by atoms with Crippen LogP contribution in [0.25, 0.3) is 0 Å². The lowest BCUT2D eigenvalue weighted by atomic mass is 10.2. The van der Waals surface area contributed by atoms with Crippen molar-refractivity contribution in [2.24, 2.45) is 0 Å². The molecule has 0 saturated carbocycles. The molecule has 1 rings (SSSR count). The van der Waals surface area contributed by atoms with Crippen LogP contribution in [0.5, 0.6) is 0 Å². The molecule has 0 heterocycles. The summed E-state index contributed by atoms with van der Waals surface area (Å²) in [7, 11) is 0. The van der Waals surface area contributed by atoms with Gasteiger partial charge in [0, 0.05) is 0 Å². The largest absolute Gasteiger partial charge is 0.478 e. The Hall–Kier alpha value is -0.510. The number of carbonyl (C=O) groups is 1. The van der Waals surface area contributed by atoms with E-state index in [-0.39, 0.29) is 10.0 Å². The third kappa shape index (κ3) is 1.88. The lowest BCUT2D eigenvalue weighted by molar-refractivity contribution is 0.0692. The zero-order valence-corrected chi connectivity index (χ0v) is 8.21. The number of hydrogen-bond acceptors (Lipinski definition) is 1. The predicted octanol–water partition coefficient (Wildman–Crippen LogP) is 3.48. The fourth-order valence-electron chi connectivity index (χ4n) is 0.762. The lowest BCUT2D eigenvalue weighted by Crippen LogP contribution is -2.02. The van der Waals surface area contributed by atoms with Crippen molar-refractivity contribution in [2.75, 3.05) is 0 Å². The average molecular weight is 243 g/mol. The summed E-state index contributed by atoms with van der Waals surface area (Å²) >= 11 is 16.3. The van der Waals surface area contributed by atoms with Crippen LogP contribution in [-0.4, -0.2) is 11.1 Å². The topological polar surface area (TPSA) is 37.3 Å². The van der Waals surface area contributed by atoms with Gasteiger partial charge in [-0.25, -0.2) is 9.18 Å². The highest BCUT2D eigenvalue weighted by Gasteiger charge is 2.20. The van der Waals surface area contributed by atoms with Crippen molar-refractivity contribution in [3.63, 3.8) is 0 Å². The minimum absolute atomic E-state index is 0.117. The van der Waals surface area contributed by atoms with Gasteiger partial charge in [-0.15, -0.1) is 0 Å². The fourth-order valence-corrected chi connectivity index (χ4v) is 1.43. The van der Waals surface area contributed by atoms with Crippen molar-refractivity contribution < 1.29 is 14.3 Å². The molecule has 0 saturated heterocycles. The maximum atomic E-state index is 13.1. The molecule has 0 aromatic heterocycles. The van der Waals surface area contributed by atoms with Gasteiger partial charge >= 0.3 is 5.97 Å². The first-order valence-corrected chi connectivity index (χ1v) is 4.14. The van der Waals surface area contributed by atoms with Crippen LogP contribution < -0.4 is 0 Å². The Kier molecular flexibility index (Phi) is 3.01. The number of hydrogen-bond donors (Lipinski definition) is 1. The van der Waals surface area contributed by atoms with Crippen LogP contribution in [0.1, 0.15) is 10.4 Å². The molecule has 0 aliphatic carbocycles. The number of halogens is 4. The van der Waals surface area contributed by atoms with Gasteiger partial charge in [0.05, 0.1) is 15.1 Å². The third-order valence-corrected chi connectivity index (χ3v) is 2.39. The van der Waals surface area contributed by atoms with E-state index in [9.17, 15) is 9.18 Å². The molecule has 2 nitrogen and oxygen atoms in total. The van der Waals surface area contributed by atoms with E-state index in [1.165, 1.54) is 0 Å². The van der Waals surface area contributed by atoms with E-state index >= 15 is 0 Å². The third-order valence-electron chi connectivity index (χ3n) is 1.33. The van der Waals surface area contributed by atoms with Gasteiger partial charge in [0.15, 0.2) is 5.82 Å². The summed E-state index contributed by atoms with van der Waals surface area (Å²) in [6, 6.07) is 1.08. The fraction of sp³-hybridized carbons (Fsp3) is 0. The molecule has 0 spiro atoms. The van der Waals surface area contributed by atoms with E-state index in [2.05, 4.69) is 0 Å². The molecule has 6 heteroatoms. The van der Waals surface area contributed by atoms with E-state index in [1.54, 1.807) is 0 Å². The standard InChI is InChI=1S/C7H2Cl3FO2/c8-2-1-3(9)5(10)6(11)4(2)7(12)13/h1H,(H,12,13). The van der Waals surface area contributed by atoms with Crippen LogP contribution in [0.2, 0.25) is 15.1 Å². The van der Waals surface area contributed by atoms with Gasteiger partial charge in [-0.05, 0) is 6.07 Å². The minimum atomic E-state index is -1.49. The second-order valence-electron chi connectivity index (χ2n) is 2.15. The summed E-state index contributed by atoms with van der Waals surface area (Å²) in [5, 5.41) is 7.70. The summed E-state index contributed by atoms with van der Waals surface area (Å²) in [5.74, 6) is -2.60. The Balaban J connectivity index is 3.53. The van der Waals surface area contributed by atoms with Gasteiger partial charge in [-0.3, -0.25) is 0 Å². The zero-order valence-electron chi connectivity index (χ0n) is 5.94. The number of aromatic carboxylic acids is 1. The van der Waals surface area contributed by atoms with E-state index in [0.29, 0.717) is 0 Å². The van der Waals surface area contributed by atoms with Crippen LogP contribution in [0.4, 0.5) is 4.39 Å². The second-order valence-corrected chi connectivity index (χ2v) is 3.34. The maximum absolute atomic E-state index is 13.1. The molecule has 1 aromatic carbocycles.